The van der Waals surface area contributed by atoms with E-state index in [1.807, 2.05) is 0 Å². The Labute approximate surface area is 112 Å². The lowest BCUT2D eigenvalue weighted by Gasteiger charge is -2.35. The van der Waals surface area contributed by atoms with Gasteiger partial charge in [-0.1, -0.05) is 0 Å². The van der Waals surface area contributed by atoms with Crippen LogP contribution in [0, 0.1) is 0 Å². The maximum atomic E-state index is 12.1. The predicted octanol–water partition coefficient (Wildman–Crippen LogP) is -2.15. The Bertz CT molecular complexity index is 448. The number of ether oxygens (including phenoxy) is 1. The van der Waals surface area contributed by atoms with Gasteiger partial charge in [0, 0.05) is 33.7 Å². The molecule has 9 heteroatoms. The highest BCUT2D eigenvalue weighted by Gasteiger charge is 2.38. The lowest BCUT2D eigenvalue weighted by Crippen LogP contribution is -2.59. The summed E-state index contributed by atoms with van der Waals surface area (Å²) in [5.41, 5.74) is 0. The van der Waals surface area contributed by atoms with Crippen LogP contribution < -0.4 is 5.32 Å². The monoisotopic (exact) mass is 293 g/mol. The van der Waals surface area contributed by atoms with Gasteiger partial charge < -0.3 is 15.0 Å². The number of hydrogen-bond acceptors (Lipinski definition) is 6. The van der Waals surface area contributed by atoms with E-state index in [1.54, 1.807) is 14.1 Å². The van der Waals surface area contributed by atoms with E-state index in [1.165, 1.54) is 4.90 Å². The molecule has 0 radical (unpaired) electrons. The van der Waals surface area contributed by atoms with Crippen LogP contribution in [0.15, 0.2) is 0 Å². The highest BCUT2D eigenvalue weighted by atomic mass is 32.2. The van der Waals surface area contributed by atoms with Crippen molar-refractivity contribution in [2.24, 2.45) is 0 Å². The zero-order chi connectivity index (χ0) is 14.6. The summed E-state index contributed by atoms with van der Waals surface area (Å²) in [6.07, 6.45) is 0. The molecular weight excluding hydrogens is 274 g/mol. The van der Waals surface area contributed by atoms with E-state index in [0.29, 0.717) is 6.54 Å². The lowest BCUT2D eigenvalue weighted by molar-refractivity contribution is -0.138. The number of piperazine rings is 1. The number of sulfonamides is 1. The van der Waals surface area contributed by atoms with Gasteiger partial charge in [-0.3, -0.25) is 9.59 Å². The first-order valence-electron chi connectivity index (χ1n) is 5.78. The van der Waals surface area contributed by atoms with Crippen LogP contribution in [0.2, 0.25) is 0 Å². The summed E-state index contributed by atoms with van der Waals surface area (Å²) in [6, 6.07) is -0.821. The second kappa shape index (κ2) is 6.31. The van der Waals surface area contributed by atoms with Crippen LogP contribution >= 0.6 is 0 Å². The van der Waals surface area contributed by atoms with Crippen molar-refractivity contribution in [1.82, 2.24) is 14.5 Å². The first-order chi connectivity index (χ1) is 8.79. The zero-order valence-corrected chi connectivity index (χ0v) is 12.1. The van der Waals surface area contributed by atoms with Crippen molar-refractivity contribution in [3.05, 3.63) is 0 Å². The predicted molar refractivity (Wildman–Crippen MR) is 67.9 cm³/mol. The molecule has 1 saturated heterocycles. The van der Waals surface area contributed by atoms with Gasteiger partial charge in [0.1, 0.15) is 6.04 Å². The normalized spacial score (nSPS) is 20.9. The molecule has 1 fully saturated rings. The van der Waals surface area contributed by atoms with Crippen LogP contribution in [0.25, 0.3) is 0 Å². The SMILES string of the molecule is COC(=O)CS(=O)(=O)N1CCNCC1C(=O)N(C)C. The number of nitrogens with one attached hydrogen (secondary N) is 1. The molecule has 0 bridgehead atoms. The summed E-state index contributed by atoms with van der Waals surface area (Å²) in [7, 11) is 0.387. The number of likely N-dealkylation sites (N-methyl/N-ethyl adjacent to an activating group) is 1. The van der Waals surface area contributed by atoms with Gasteiger partial charge >= 0.3 is 5.97 Å². The molecule has 0 saturated carbocycles. The van der Waals surface area contributed by atoms with Gasteiger partial charge in [-0.15, -0.1) is 0 Å². The van der Waals surface area contributed by atoms with Crippen LogP contribution in [0.3, 0.4) is 0 Å². The van der Waals surface area contributed by atoms with Crippen LogP contribution in [-0.4, -0.2) is 82.1 Å². The molecule has 1 amide bonds. The Morgan fingerprint density at radius 2 is 2.05 bits per heavy atom. The molecule has 0 aromatic heterocycles. The second-order valence-corrected chi connectivity index (χ2v) is 6.32. The molecule has 110 valence electrons. The van der Waals surface area contributed by atoms with Gasteiger partial charge in [0.2, 0.25) is 15.9 Å². The van der Waals surface area contributed by atoms with Crippen LogP contribution in [0.5, 0.6) is 0 Å². The van der Waals surface area contributed by atoms with E-state index in [4.69, 9.17) is 0 Å². The molecule has 1 heterocycles. The van der Waals surface area contributed by atoms with E-state index in [0.717, 1.165) is 11.4 Å². The van der Waals surface area contributed by atoms with Gasteiger partial charge in [0.05, 0.1) is 7.11 Å². The van der Waals surface area contributed by atoms with Gasteiger partial charge in [-0.05, 0) is 0 Å². The average Bonchev–Trinajstić information content (AvgIpc) is 2.37. The third-order valence-electron chi connectivity index (χ3n) is 2.81. The molecule has 0 aromatic carbocycles. The highest BCUT2D eigenvalue weighted by molar-refractivity contribution is 7.89. The zero-order valence-electron chi connectivity index (χ0n) is 11.2. The standard InChI is InChI=1S/C10H19N3O5S/c1-12(2)10(15)8-6-11-4-5-13(8)19(16,17)7-9(14)18-3/h8,11H,4-7H2,1-3H3. The fraction of sp³-hybridized carbons (Fsp3) is 0.800. The first-order valence-corrected chi connectivity index (χ1v) is 7.38. The van der Waals surface area contributed by atoms with Gasteiger partial charge in [0.15, 0.2) is 5.75 Å². The first kappa shape index (κ1) is 15.9. The molecule has 1 unspecified atom stereocenters. The Morgan fingerprint density at radius 1 is 1.42 bits per heavy atom. The lowest BCUT2D eigenvalue weighted by atomic mass is 10.2. The number of amides is 1. The number of carbonyl (C=O) groups excluding carboxylic acids is 2. The Kier molecular flexibility index (Phi) is 5.27. The summed E-state index contributed by atoms with van der Waals surface area (Å²) in [6.45, 7) is 0.832. The van der Waals surface area contributed by atoms with Crippen LogP contribution in [0.1, 0.15) is 0 Å². The average molecular weight is 293 g/mol. The maximum absolute atomic E-state index is 12.1. The van der Waals surface area contributed by atoms with Gasteiger partial charge in [0.25, 0.3) is 0 Å². The minimum atomic E-state index is -3.85. The minimum Gasteiger partial charge on any atom is -0.468 e. The van der Waals surface area contributed by atoms with Crippen molar-refractivity contribution in [1.29, 1.82) is 0 Å². The molecule has 1 aliphatic heterocycles. The number of rotatable bonds is 4. The van der Waals surface area contributed by atoms with Crippen molar-refractivity contribution >= 4 is 21.9 Å². The van der Waals surface area contributed by atoms with Crippen molar-refractivity contribution < 1.29 is 22.7 Å². The molecule has 19 heavy (non-hydrogen) atoms. The van der Waals surface area contributed by atoms with E-state index in [9.17, 15) is 18.0 Å². The second-order valence-electron chi connectivity index (χ2n) is 4.40. The summed E-state index contributed by atoms with van der Waals surface area (Å²) < 4.78 is 29.7. The Morgan fingerprint density at radius 3 is 2.58 bits per heavy atom. The van der Waals surface area contributed by atoms with Crippen molar-refractivity contribution in [3.8, 4) is 0 Å². The van der Waals surface area contributed by atoms with Crippen molar-refractivity contribution in [2.75, 3.05) is 46.6 Å². The number of nitrogens with zero attached hydrogens (tertiary/aromatic N) is 2. The number of methoxy groups -OCH3 is 1. The number of esters is 1. The molecule has 0 aromatic rings. The smallest absolute Gasteiger partial charge is 0.322 e. The van der Waals surface area contributed by atoms with Gasteiger partial charge in [-0.25, -0.2) is 8.42 Å². The Hall–Kier alpha value is -1.19. The molecule has 8 nitrogen and oxygen atoms in total. The number of carbonyl (C=O) groups is 2. The fourth-order valence-electron chi connectivity index (χ4n) is 1.82. The third kappa shape index (κ3) is 3.88. The summed E-state index contributed by atoms with van der Waals surface area (Å²) in [5, 5.41) is 2.97. The van der Waals surface area contributed by atoms with E-state index in [-0.39, 0.29) is 19.0 Å². The van der Waals surface area contributed by atoms with E-state index >= 15 is 0 Å². The molecule has 1 atom stereocenters. The summed E-state index contributed by atoms with van der Waals surface area (Å²) in [4.78, 5) is 24.4. The molecular formula is C10H19N3O5S. The van der Waals surface area contributed by atoms with Crippen LogP contribution in [0.4, 0.5) is 0 Å². The number of hydrogen-bond donors (Lipinski definition) is 1. The quantitative estimate of drug-likeness (QED) is 0.594. The van der Waals surface area contributed by atoms with Crippen LogP contribution in [-0.2, 0) is 24.3 Å². The molecule has 1 aliphatic rings. The molecule has 1 rings (SSSR count). The summed E-state index contributed by atoms with van der Waals surface area (Å²) >= 11 is 0. The van der Waals surface area contributed by atoms with E-state index < -0.39 is 27.8 Å². The largest absolute Gasteiger partial charge is 0.468 e. The van der Waals surface area contributed by atoms with Crippen molar-refractivity contribution in [3.63, 3.8) is 0 Å². The Balaban J connectivity index is 2.93. The minimum absolute atomic E-state index is 0.156. The summed E-state index contributed by atoms with van der Waals surface area (Å²) in [5.74, 6) is -1.91. The molecule has 1 N–H and O–H groups in total. The topological polar surface area (TPSA) is 96.0 Å². The molecule has 0 spiro atoms. The van der Waals surface area contributed by atoms with Gasteiger partial charge in [-0.2, -0.15) is 4.31 Å². The maximum Gasteiger partial charge on any atom is 0.322 e. The van der Waals surface area contributed by atoms with E-state index in [2.05, 4.69) is 10.1 Å². The highest BCUT2D eigenvalue weighted by Crippen LogP contribution is 2.12. The fourth-order valence-corrected chi connectivity index (χ4v) is 3.32. The van der Waals surface area contributed by atoms with Crippen molar-refractivity contribution in [2.45, 2.75) is 6.04 Å². The molecule has 0 aliphatic carbocycles. The third-order valence-corrected chi connectivity index (χ3v) is 4.56.